The molecule has 2 aromatic heterocycles. The van der Waals surface area contributed by atoms with Gasteiger partial charge in [-0.1, -0.05) is 0 Å². The molecule has 0 aliphatic carbocycles. The van der Waals surface area contributed by atoms with E-state index < -0.39 is 0 Å². The number of H-pyrrole nitrogens is 1. The molecule has 0 saturated carbocycles. The molecule has 1 unspecified atom stereocenters. The van der Waals surface area contributed by atoms with Gasteiger partial charge in [-0.3, -0.25) is 4.98 Å². The summed E-state index contributed by atoms with van der Waals surface area (Å²) < 4.78 is 0. The molecular weight excluding hydrogens is 176 g/mol. The number of aromatic amines is 1. The van der Waals surface area contributed by atoms with Crippen molar-refractivity contribution in [3.63, 3.8) is 0 Å². The molecule has 0 bridgehead atoms. The fourth-order valence-electron chi connectivity index (χ4n) is 1.25. The first kappa shape index (κ1) is 8.90. The molecular formula is C10H12N4. The Morgan fingerprint density at radius 1 is 1.36 bits per heavy atom. The summed E-state index contributed by atoms with van der Waals surface area (Å²) in [4.78, 5) is 11.3. The first-order chi connectivity index (χ1) is 6.77. The normalized spacial score (nSPS) is 12.7. The third-order valence-corrected chi connectivity index (χ3v) is 2.02. The van der Waals surface area contributed by atoms with Gasteiger partial charge in [-0.25, -0.2) is 4.98 Å². The van der Waals surface area contributed by atoms with Crippen LogP contribution in [0.3, 0.4) is 0 Å². The number of nitrogens with zero attached hydrogens (tertiary/aromatic N) is 2. The van der Waals surface area contributed by atoms with Gasteiger partial charge >= 0.3 is 0 Å². The van der Waals surface area contributed by atoms with Crippen molar-refractivity contribution in [2.75, 3.05) is 0 Å². The van der Waals surface area contributed by atoms with Crippen LogP contribution in [0.25, 0.3) is 11.3 Å². The monoisotopic (exact) mass is 188 g/mol. The lowest BCUT2D eigenvalue weighted by molar-refractivity contribution is 0.756. The van der Waals surface area contributed by atoms with Crippen molar-refractivity contribution < 1.29 is 0 Å². The highest BCUT2D eigenvalue weighted by Crippen LogP contribution is 2.16. The zero-order chi connectivity index (χ0) is 9.97. The van der Waals surface area contributed by atoms with Crippen LogP contribution in [0.4, 0.5) is 0 Å². The van der Waals surface area contributed by atoms with E-state index in [1.54, 1.807) is 18.6 Å². The SMILES string of the molecule is CC(N)c1ncc(-c2ccncc2)[nH]1. The third-order valence-electron chi connectivity index (χ3n) is 2.02. The first-order valence-electron chi connectivity index (χ1n) is 4.48. The Balaban J connectivity index is 2.34. The molecule has 1 atom stereocenters. The first-order valence-corrected chi connectivity index (χ1v) is 4.48. The van der Waals surface area contributed by atoms with E-state index >= 15 is 0 Å². The molecule has 0 aliphatic rings. The predicted octanol–water partition coefficient (Wildman–Crippen LogP) is 1.49. The number of imidazole rings is 1. The van der Waals surface area contributed by atoms with Crippen LogP contribution in [0, 0.1) is 0 Å². The van der Waals surface area contributed by atoms with Crippen LogP contribution < -0.4 is 5.73 Å². The molecule has 2 heterocycles. The van der Waals surface area contributed by atoms with Gasteiger partial charge in [-0.2, -0.15) is 0 Å². The van der Waals surface area contributed by atoms with Gasteiger partial charge in [0.05, 0.1) is 17.9 Å². The van der Waals surface area contributed by atoms with E-state index in [0.717, 1.165) is 17.1 Å². The third kappa shape index (κ3) is 1.65. The molecule has 0 spiro atoms. The Morgan fingerprint density at radius 2 is 2.07 bits per heavy atom. The van der Waals surface area contributed by atoms with Crippen LogP contribution in [-0.2, 0) is 0 Å². The molecule has 0 radical (unpaired) electrons. The summed E-state index contributed by atoms with van der Waals surface area (Å²) in [6.45, 7) is 1.90. The Labute approximate surface area is 82.2 Å². The van der Waals surface area contributed by atoms with Gasteiger partial charge in [0.15, 0.2) is 0 Å². The zero-order valence-corrected chi connectivity index (χ0v) is 7.94. The Bertz CT molecular complexity index is 405. The van der Waals surface area contributed by atoms with Gasteiger partial charge in [-0.15, -0.1) is 0 Å². The standard InChI is InChI=1S/C10H12N4/c1-7(11)10-13-6-9(14-10)8-2-4-12-5-3-8/h2-7H,11H2,1H3,(H,13,14). The number of aromatic nitrogens is 3. The fraction of sp³-hybridized carbons (Fsp3) is 0.200. The Morgan fingerprint density at radius 3 is 2.64 bits per heavy atom. The molecule has 0 aromatic carbocycles. The molecule has 3 N–H and O–H groups in total. The van der Waals surface area contributed by atoms with Crippen LogP contribution in [0.1, 0.15) is 18.8 Å². The van der Waals surface area contributed by atoms with Crippen molar-refractivity contribution in [1.29, 1.82) is 0 Å². The van der Waals surface area contributed by atoms with Gasteiger partial charge in [0.25, 0.3) is 0 Å². The van der Waals surface area contributed by atoms with E-state index in [1.807, 2.05) is 19.1 Å². The lowest BCUT2D eigenvalue weighted by atomic mass is 10.2. The summed E-state index contributed by atoms with van der Waals surface area (Å²) >= 11 is 0. The second-order valence-electron chi connectivity index (χ2n) is 3.21. The molecule has 0 amide bonds. The van der Waals surface area contributed by atoms with Gasteiger partial charge in [0.1, 0.15) is 5.82 Å². The van der Waals surface area contributed by atoms with Crippen molar-refractivity contribution in [3.8, 4) is 11.3 Å². The molecule has 2 aromatic rings. The van der Waals surface area contributed by atoms with Crippen molar-refractivity contribution in [1.82, 2.24) is 15.0 Å². The van der Waals surface area contributed by atoms with E-state index in [0.29, 0.717) is 0 Å². The largest absolute Gasteiger partial charge is 0.341 e. The van der Waals surface area contributed by atoms with E-state index in [-0.39, 0.29) is 6.04 Å². The Hall–Kier alpha value is -1.68. The summed E-state index contributed by atoms with van der Waals surface area (Å²) in [6.07, 6.45) is 5.29. The molecule has 72 valence electrons. The topological polar surface area (TPSA) is 67.6 Å². The predicted molar refractivity (Wildman–Crippen MR) is 54.4 cm³/mol. The smallest absolute Gasteiger partial charge is 0.123 e. The minimum atomic E-state index is -0.0643. The summed E-state index contributed by atoms with van der Waals surface area (Å²) in [5, 5.41) is 0. The second-order valence-corrected chi connectivity index (χ2v) is 3.21. The highest BCUT2D eigenvalue weighted by Gasteiger charge is 2.05. The summed E-state index contributed by atoms with van der Waals surface area (Å²) in [7, 11) is 0. The van der Waals surface area contributed by atoms with Crippen LogP contribution in [0.2, 0.25) is 0 Å². The lowest BCUT2D eigenvalue weighted by Crippen LogP contribution is -2.06. The molecule has 14 heavy (non-hydrogen) atoms. The maximum absolute atomic E-state index is 5.70. The van der Waals surface area contributed by atoms with E-state index in [1.165, 1.54) is 0 Å². The van der Waals surface area contributed by atoms with E-state index in [9.17, 15) is 0 Å². The van der Waals surface area contributed by atoms with E-state index in [2.05, 4.69) is 15.0 Å². The number of pyridine rings is 1. The molecule has 0 saturated heterocycles. The number of hydrogen-bond donors (Lipinski definition) is 2. The Kier molecular flexibility index (Phi) is 2.28. The highest BCUT2D eigenvalue weighted by atomic mass is 14.9. The average Bonchev–Trinajstić information content (AvgIpc) is 2.68. The molecule has 4 heteroatoms. The van der Waals surface area contributed by atoms with Crippen molar-refractivity contribution >= 4 is 0 Å². The molecule has 0 aliphatic heterocycles. The fourth-order valence-corrected chi connectivity index (χ4v) is 1.25. The number of nitrogens with one attached hydrogen (secondary N) is 1. The van der Waals surface area contributed by atoms with Crippen molar-refractivity contribution in [2.24, 2.45) is 5.73 Å². The summed E-state index contributed by atoms with van der Waals surface area (Å²) in [5.41, 5.74) is 7.74. The van der Waals surface area contributed by atoms with Crippen LogP contribution in [0.5, 0.6) is 0 Å². The lowest BCUT2D eigenvalue weighted by Gasteiger charge is -1.99. The van der Waals surface area contributed by atoms with E-state index in [4.69, 9.17) is 5.73 Å². The molecule has 2 rings (SSSR count). The average molecular weight is 188 g/mol. The van der Waals surface area contributed by atoms with Crippen LogP contribution in [-0.4, -0.2) is 15.0 Å². The highest BCUT2D eigenvalue weighted by molar-refractivity contribution is 5.57. The number of rotatable bonds is 2. The van der Waals surface area contributed by atoms with Gasteiger partial charge in [0.2, 0.25) is 0 Å². The zero-order valence-electron chi connectivity index (χ0n) is 7.94. The summed E-state index contributed by atoms with van der Waals surface area (Å²) in [5.74, 6) is 0.803. The number of hydrogen-bond acceptors (Lipinski definition) is 3. The molecule has 4 nitrogen and oxygen atoms in total. The van der Waals surface area contributed by atoms with Gasteiger partial charge < -0.3 is 10.7 Å². The number of nitrogens with two attached hydrogens (primary N) is 1. The minimum Gasteiger partial charge on any atom is -0.341 e. The van der Waals surface area contributed by atoms with Crippen molar-refractivity contribution in [2.45, 2.75) is 13.0 Å². The maximum Gasteiger partial charge on any atom is 0.123 e. The molecule has 0 fully saturated rings. The minimum absolute atomic E-state index is 0.0643. The van der Waals surface area contributed by atoms with Gasteiger partial charge in [0, 0.05) is 18.0 Å². The summed E-state index contributed by atoms with van der Waals surface area (Å²) in [6, 6.07) is 3.79. The van der Waals surface area contributed by atoms with Crippen molar-refractivity contribution in [3.05, 3.63) is 36.5 Å². The maximum atomic E-state index is 5.70. The van der Waals surface area contributed by atoms with Crippen LogP contribution in [0.15, 0.2) is 30.7 Å². The second kappa shape index (κ2) is 3.59. The van der Waals surface area contributed by atoms with Crippen LogP contribution >= 0.6 is 0 Å². The van der Waals surface area contributed by atoms with Gasteiger partial charge in [-0.05, 0) is 19.1 Å². The quantitative estimate of drug-likeness (QED) is 0.750.